The van der Waals surface area contributed by atoms with Crippen molar-refractivity contribution in [3.8, 4) is 0 Å². The lowest BCUT2D eigenvalue weighted by atomic mass is 9.90. The number of aromatic nitrogens is 2. The van der Waals surface area contributed by atoms with Crippen molar-refractivity contribution >= 4 is 11.9 Å². The average Bonchev–Trinajstić information content (AvgIpc) is 2.69. The molecular formula is C21H28N4O. The largest absolute Gasteiger partial charge is 0.348 e. The van der Waals surface area contributed by atoms with Crippen molar-refractivity contribution in [2.24, 2.45) is 5.92 Å². The van der Waals surface area contributed by atoms with Crippen LogP contribution in [0.4, 0.5) is 5.95 Å². The molecule has 1 unspecified atom stereocenters. The number of anilines is 1. The predicted molar refractivity (Wildman–Crippen MR) is 104 cm³/mol. The van der Waals surface area contributed by atoms with Gasteiger partial charge in [0.15, 0.2) is 0 Å². The van der Waals surface area contributed by atoms with Crippen molar-refractivity contribution in [3.05, 3.63) is 53.9 Å². The molecule has 1 amide bonds. The molecule has 0 bridgehead atoms. The molecule has 1 aliphatic rings. The minimum Gasteiger partial charge on any atom is -0.348 e. The Hall–Kier alpha value is -2.43. The van der Waals surface area contributed by atoms with Gasteiger partial charge in [-0.05, 0) is 50.2 Å². The molecule has 1 atom stereocenters. The van der Waals surface area contributed by atoms with Crippen molar-refractivity contribution in [3.63, 3.8) is 0 Å². The zero-order valence-electron chi connectivity index (χ0n) is 15.7. The Balaban J connectivity index is 1.57. The van der Waals surface area contributed by atoms with Crippen LogP contribution < -0.4 is 10.2 Å². The van der Waals surface area contributed by atoms with E-state index in [0.717, 1.165) is 38.8 Å². The summed E-state index contributed by atoms with van der Waals surface area (Å²) in [5.74, 6) is 1.24. The van der Waals surface area contributed by atoms with Crippen LogP contribution in [-0.4, -0.2) is 35.0 Å². The zero-order valence-corrected chi connectivity index (χ0v) is 15.7. The summed E-state index contributed by atoms with van der Waals surface area (Å²) in [5.41, 5.74) is 1.85. The molecule has 1 aromatic heterocycles. The Morgan fingerprint density at radius 1 is 1.23 bits per heavy atom. The number of carbonyl (C=O) groups is 1. The summed E-state index contributed by atoms with van der Waals surface area (Å²) in [4.78, 5) is 23.4. The fourth-order valence-corrected chi connectivity index (χ4v) is 3.31. The molecule has 2 aromatic rings. The lowest BCUT2D eigenvalue weighted by molar-refractivity contribution is 0.0934. The number of amides is 1. The van der Waals surface area contributed by atoms with Gasteiger partial charge in [0.2, 0.25) is 5.95 Å². The maximum absolute atomic E-state index is 12.3. The Bertz CT molecular complexity index is 711. The van der Waals surface area contributed by atoms with Gasteiger partial charge in [-0.25, -0.2) is 9.97 Å². The highest BCUT2D eigenvalue weighted by atomic mass is 16.1. The van der Waals surface area contributed by atoms with Crippen LogP contribution in [0, 0.1) is 5.92 Å². The summed E-state index contributed by atoms with van der Waals surface area (Å²) in [6.45, 7) is 5.93. The standard InChI is InChI=1S/C21H28N4O/c1-3-16(2)23-20(26)19-9-12-22-21(24-19)25-13-10-18(11-14-25)15-17-7-5-4-6-8-17/h4-9,12,16,18H,3,10-11,13-15H2,1-2H3,(H,23,26). The molecule has 1 aromatic carbocycles. The average molecular weight is 352 g/mol. The third-order valence-electron chi connectivity index (χ3n) is 5.13. The maximum Gasteiger partial charge on any atom is 0.270 e. The molecule has 1 saturated heterocycles. The third kappa shape index (κ3) is 4.81. The van der Waals surface area contributed by atoms with Crippen LogP contribution in [0.2, 0.25) is 0 Å². The summed E-state index contributed by atoms with van der Waals surface area (Å²) < 4.78 is 0. The molecule has 1 N–H and O–H groups in total. The van der Waals surface area contributed by atoms with E-state index in [1.165, 1.54) is 5.56 Å². The molecule has 138 valence electrons. The first-order valence-electron chi connectivity index (χ1n) is 9.58. The van der Waals surface area contributed by atoms with Crippen molar-refractivity contribution in [2.75, 3.05) is 18.0 Å². The minimum absolute atomic E-state index is 0.123. The van der Waals surface area contributed by atoms with E-state index in [4.69, 9.17) is 0 Å². The molecule has 1 fully saturated rings. The molecule has 5 heteroatoms. The number of carbonyl (C=O) groups excluding carboxylic acids is 1. The van der Waals surface area contributed by atoms with Gasteiger partial charge in [0.25, 0.3) is 5.91 Å². The van der Waals surface area contributed by atoms with Gasteiger partial charge in [-0.3, -0.25) is 4.79 Å². The van der Waals surface area contributed by atoms with E-state index in [0.29, 0.717) is 17.6 Å². The first-order chi connectivity index (χ1) is 12.7. The van der Waals surface area contributed by atoms with Gasteiger partial charge in [0.05, 0.1) is 0 Å². The van der Waals surface area contributed by atoms with E-state index in [2.05, 4.69) is 57.4 Å². The fraction of sp³-hybridized carbons (Fsp3) is 0.476. The number of benzene rings is 1. The second-order valence-electron chi connectivity index (χ2n) is 7.14. The van der Waals surface area contributed by atoms with Crippen LogP contribution in [0.25, 0.3) is 0 Å². The van der Waals surface area contributed by atoms with Crippen LogP contribution in [0.1, 0.15) is 49.2 Å². The van der Waals surface area contributed by atoms with E-state index in [9.17, 15) is 4.79 Å². The first-order valence-corrected chi connectivity index (χ1v) is 9.58. The van der Waals surface area contributed by atoms with Gasteiger partial charge in [-0.15, -0.1) is 0 Å². The van der Waals surface area contributed by atoms with Crippen LogP contribution in [0.5, 0.6) is 0 Å². The van der Waals surface area contributed by atoms with Crippen molar-refractivity contribution in [1.29, 1.82) is 0 Å². The van der Waals surface area contributed by atoms with E-state index >= 15 is 0 Å². The van der Waals surface area contributed by atoms with E-state index in [-0.39, 0.29) is 11.9 Å². The van der Waals surface area contributed by atoms with Gasteiger partial charge in [0.1, 0.15) is 5.69 Å². The smallest absolute Gasteiger partial charge is 0.270 e. The molecule has 26 heavy (non-hydrogen) atoms. The van der Waals surface area contributed by atoms with Crippen LogP contribution in [0.3, 0.4) is 0 Å². The monoisotopic (exact) mass is 352 g/mol. The van der Waals surface area contributed by atoms with Gasteiger partial charge in [-0.1, -0.05) is 37.3 Å². The minimum atomic E-state index is -0.123. The topological polar surface area (TPSA) is 58.1 Å². The molecule has 0 spiro atoms. The normalized spacial score (nSPS) is 16.3. The Labute approximate surface area is 155 Å². The number of piperidine rings is 1. The molecule has 0 aliphatic carbocycles. The van der Waals surface area contributed by atoms with E-state index in [1.54, 1.807) is 12.3 Å². The summed E-state index contributed by atoms with van der Waals surface area (Å²) >= 11 is 0. The SMILES string of the molecule is CCC(C)NC(=O)c1ccnc(N2CCC(Cc3ccccc3)CC2)n1. The molecule has 2 heterocycles. The van der Waals surface area contributed by atoms with Gasteiger partial charge in [0, 0.05) is 25.3 Å². The van der Waals surface area contributed by atoms with Crippen molar-refractivity contribution in [2.45, 2.75) is 45.6 Å². The Morgan fingerprint density at radius 2 is 1.96 bits per heavy atom. The first kappa shape index (κ1) is 18.4. The quantitative estimate of drug-likeness (QED) is 0.865. The maximum atomic E-state index is 12.3. The van der Waals surface area contributed by atoms with Crippen molar-refractivity contribution in [1.82, 2.24) is 15.3 Å². The fourth-order valence-electron chi connectivity index (χ4n) is 3.31. The number of nitrogens with one attached hydrogen (secondary N) is 1. The predicted octanol–water partition coefficient (Wildman–Crippen LogP) is 3.46. The number of hydrogen-bond donors (Lipinski definition) is 1. The van der Waals surface area contributed by atoms with Crippen LogP contribution >= 0.6 is 0 Å². The lowest BCUT2D eigenvalue weighted by Gasteiger charge is -2.32. The molecule has 0 saturated carbocycles. The highest BCUT2D eigenvalue weighted by molar-refractivity contribution is 5.92. The van der Waals surface area contributed by atoms with Crippen LogP contribution in [-0.2, 0) is 6.42 Å². The highest BCUT2D eigenvalue weighted by Crippen LogP contribution is 2.23. The van der Waals surface area contributed by atoms with E-state index < -0.39 is 0 Å². The molecule has 5 nitrogen and oxygen atoms in total. The summed E-state index contributed by atoms with van der Waals surface area (Å²) in [6, 6.07) is 12.5. The highest BCUT2D eigenvalue weighted by Gasteiger charge is 2.22. The Kier molecular flexibility index (Phi) is 6.21. The van der Waals surface area contributed by atoms with Gasteiger partial charge >= 0.3 is 0 Å². The van der Waals surface area contributed by atoms with E-state index in [1.807, 2.05) is 6.92 Å². The summed E-state index contributed by atoms with van der Waals surface area (Å²) in [5, 5.41) is 2.96. The molecule has 0 radical (unpaired) electrons. The van der Waals surface area contributed by atoms with Crippen molar-refractivity contribution < 1.29 is 4.79 Å². The third-order valence-corrected chi connectivity index (χ3v) is 5.13. The zero-order chi connectivity index (χ0) is 18.4. The second kappa shape index (κ2) is 8.79. The molecule has 1 aliphatic heterocycles. The molecular weight excluding hydrogens is 324 g/mol. The summed E-state index contributed by atoms with van der Waals surface area (Å²) in [6.07, 6.45) is 5.97. The Morgan fingerprint density at radius 3 is 2.65 bits per heavy atom. The number of hydrogen-bond acceptors (Lipinski definition) is 4. The summed E-state index contributed by atoms with van der Waals surface area (Å²) in [7, 11) is 0. The van der Waals surface area contributed by atoms with Crippen LogP contribution in [0.15, 0.2) is 42.6 Å². The second-order valence-corrected chi connectivity index (χ2v) is 7.14. The van der Waals surface area contributed by atoms with Gasteiger partial charge in [-0.2, -0.15) is 0 Å². The van der Waals surface area contributed by atoms with Gasteiger partial charge < -0.3 is 10.2 Å². The lowest BCUT2D eigenvalue weighted by Crippen LogP contribution is -2.36. The number of nitrogens with zero attached hydrogens (tertiary/aromatic N) is 3. The number of rotatable bonds is 6. The molecule has 3 rings (SSSR count).